The Kier molecular flexibility index (Phi) is 8.45. The second kappa shape index (κ2) is 11.5. The summed E-state index contributed by atoms with van der Waals surface area (Å²) in [5.41, 5.74) is 1.71. The smallest absolute Gasteiger partial charge is 0.216 e. The van der Waals surface area contributed by atoms with Crippen molar-refractivity contribution in [3.8, 4) is 0 Å². The standard InChI is InChI=1S/C30H34ClFN2O2/c1-23(35)33-22-29(24-6-3-2-4-7-24,25-10-14-28(32)15-11-25)16-5-19-34-20-17-30(36,18-21-34)26-8-12-27(31)13-9-26/h2-4,6-15,36H,5,16-22H2,1H3,(H,33,35). The predicted octanol–water partition coefficient (Wildman–Crippen LogP) is 5.67. The molecule has 36 heavy (non-hydrogen) atoms. The minimum atomic E-state index is -0.825. The third-order valence-electron chi connectivity index (χ3n) is 7.50. The van der Waals surface area contributed by atoms with Crippen molar-refractivity contribution in [3.63, 3.8) is 0 Å². The molecule has 190 valence electrons. The average molecular weight is 509 g/mol. The zero-order valence-corrected chi connectivity index (χ0v) is 21.5. The first-order valence-electron chi connectivity index (χ1n) is 12.6. The predicted molar refractivity (Wildman–Crippen MR) is 143 cm³/mol. The Labute approximate surface area is 218 Å². The van der Waals surface area contributed by atoms with E-state index in [1.807, 2.05) is 54.6 Å². The number of hydrogen-bond donors (Lipinski definition) is 2. The van der Waals surface area contributed by atoms with Crippen molar-refractivity contribution >= 4 is 17.5 Å². The van der Waals surface area contributed by atoms with E-state index in [2.05, 4.69) is 22.3 Å². The molecule has 0 radical (unpaired) electrons. The number of nitrogens with zero attached hydrogens (tertiary/aromatic N) is 1. The summed E-state index contributed by atoms with van der Waals surface area (Å²) in [5, 5.41) is 14.9. The van der Waals surface area contributed by atoms with Crippen molar-refractivity contribution in [2.45, 2.75) is 43.6 Å². The van der Waals surface area contributed by atoms with Gasteiger partial charge in [0.1, 0.15) is 5.82 Å². The second-order valence-corrected chi connectivity index (χ2v) is 10.3. The van der Waals surface area contributed by atoms with Crippen molar-refractivity contribution in [1.82, 2.24) is 10.2 Å². The van der Waals surface area contributed by atoms with Crippen molar-refractivity contribution in [1.29, 1.82) is 0 Å². The fourth-order valence-corrected chi connectivity index (χ4v) is 5.48. The van der Waals surface area contributed by atoms with E-state index >= 15 is 0 Å². The van der Waals surface area contributed by atoms with Gasteiger partial charge in [-0.1, -0.05) is 66.2 Å². The van der Waals surface area contributed by atoms with Crippen LogP contribution in [0.3, 0.4) is 0 Å². The van der Waals surface area contributed by atoms with Crippen LogP contribution in [0.15, 0.2) is 78.9 Å². The molecule has 3 aromatic rings. The highest BCUT2D eigenvalue weighted by atomic mass is 35.5. The highest BCUT2D eigenvalue weighted by Gasteiger charge is 2.36. The van der Waals surface area contributed by atoms with E-state index in [1.165, 1.54) is 19.1 Å². The van der Waals surface area contributed by atoms with Crippen LogP contribution >= 0.6 is 11.6 Å². The van der Waals surface area contributed by atoms with Crippen LogP contribution < -0.4 is 5.32 Å². The highest BCUT2D eigenvalue weighted by molar-refractivity contribution is 6.30. The molecule has 1 heterocycles. The maximum Gasteiger partial charge on any atom is 0.216 e. The van der Waals surface area contributed by atoms with Crippen LogP contribution in [-0.4, -0.2) is 42.1 Å². The minimum Gasteiger partial charge on any atom is -0.385 e. The molecule has 3 aromatic carbocycles. The van der Waals surface area contributed by atoms with Gasteiger partial charge in [-0.15, -0.1) is 0 Å². The van der Waals surface area contributed by atoms with E-state index in [-0.39, 0.29) is 11.7 Å². The van der Waals surface area contributed by atoms with E-state index in [0.29, 0.717) is 24.4 Å². The normalized spacial score (nSPS) is 17.3. The largest absolute Gasteiger partial charge is 0.385 e. The molecule has 0 spiro atoms. The van der Waals surface area contributed by atoms with Crippen molar-refractivity contribution in [2.75, 3.05) is 26.2 Å². The van der Waals surface area contributed by atoms with Gasteiger partial charge in [0.2, 0.25) is 5.91 Å². The van der Waals surface area contributed by atoms with E-state index in [0.717, 1.165) is 49.2 Å². The van der Waals surface area contributed by atoms with E-state index < -0.39 is 11.0 Å². The molecule has 1 amide bonds. The molecule has 2 N–H and O–H groups in total. The van der Waals surface area contributed by atoms with E-state index in [1.54, 1.807) is 0 Å². The van der Waals surface area contributed by atoms with Crippen LogP contribution in [0, 0.1) is 5.82 Å². The van der Waals surface area contributed by atoms with Crippen LogP contribution in [0.1, 0.15) is 49.3 Å². The Hall–Kier alpha value is -2.73. The fourth-order valence-electron chi connectivity index (χ4n) is 5.35. The molecule has 6 heteroatoms. The van der Waals surface area contributed by atoms with Crippen LogP contribution in [0.2, 0.25) is 5.02 Å². The third-order valence-corrected chi connectivity index (χ3v) is 7.76. The van der Waals surface area contributed by atoms with Crippen LogP contribution in [0.25, 0.3) is 0 Å². The van der Waals surface area contributed by atoms with Gasteiger partial charge in [-0.2, -0.15) is 0 Å². The number of carbonyl (C=O) groups excluding carboxylic acids is 1. The lowest BCUT2D eigenvalue weighted by Gasteiger charge is -2.40. The molecule has 0 bridgehead atoms. The molecule has 1 saturated heterocycles. The Morgan fingerprint density at radius 3 is 2.22 bits per heavy atom. The maximum absolute atomic E-state index is 13.8. The van der Waals surface area contributed by atoms with Gasteiger partial charge in [-0.3, -0.25) is 4.79 Å². The van der Waals surface area contributed by atoms with Crippen molar-refractivity contribution in [2.24, 2.45) is 0 Å². The number of amides is 1. The lowest BCUT2D eigenvalue weighted by Crippen LogP contribution is -2.44. The van der Waals surface area contributed by atoms with Crippen LogP contribution in [0.4, 0.5) is 4.39 Å². The third kappa shape index (κ3) is 6.15. The van der Waals surface area contributed by atoms with Gasteiger partial charge in [0, 0.05) is 37.0 Å². The molecular formula is C30H34ClFN2O2. The second-order valence-electron chi connectivity index (χ2n) is 9.85. The molecular weight excluding hydrogens is 475 g/mol. The molecule has 1 aliphatic heterocycles. The number of hydrogen-bond acceptors (Lipinski definition) is 3. The highest BCUT2D eigenvalue weighted by Crippen LogP contribution is 2.38. The molecule has 4 nitrogen and oxygen atoms in total. The molecule has 1 atom stereocenters. The van der Waals surface area contributed by atoms with Gasteiger partial charge in [-0.25, -0.2) is 4.39 Å². The maximum atomic E-state index is 13.8. The summed E-state index contributed by atoms with van der Waals surface area (Å²) in [6, 6.07) is 24.3. The number of piperidine rings is 1. The first kappa shape index (κ1) is 26.3. The zero-order valence-electron chi connectivity index (χ0n) is 20.7. The van der Waals surface area contributed by atoms with Crippen LogP contribution in [-0.2, 0) is 15.8 Å². The summed E-state index contributed by atoms with van der Waals surface area (Å²) >= 11 is 6.02. The number of likely N-dealkylation sites (tertiary alicyclic amines) is 1. The monoisotopic (exact) mass is 508 g/mol. The molecule has 0 aliphatic carbocycles. The number of rotatable bonds is 9. The summed E-state index contributed by atoms with van der Waals surface area (Å²) in [4.78, 5) is 14.3. The molecule has 1 aliphatic rings. The molecule has 4 rings (SSSR count). The molecule has 0 aromatic heterocycles. The SMILES string of the molecule is CC(=O)NCC(CCCN1CCC(O)(c2ccc(Cl)cc2)CC1)(c1ccccc1)c1ccc(F)cc1. The zero-order chi connectivity index (χ0) is 25.6. The number of carbonyl (C=O) groups is 1. The number of aliphatic hydroxyl groups is 1. The summed E-state index contributed by atoms with van der Waals surface area (Å²) in [6.07, 6.45) is 3.02. The summed E-state index contributed by atoms with van der Waals surface area (Å²) in [5.74, 6) is -0.364. The summed E-state index contributed by atoms with van der Waals surface area (Å²) in [6.45, 7) is 4.45. The van der Waals surface area contributed by atoms with E-state index in [4.69, 9.17) is 11.6 Å². The quantitative estimate of drug-likeness (QED) is 0.392. The van der Waals surface area contributed by atoms with Gasteiger partial charge < -0.3 is 15.3 Å². The number of benzene rings is 3. The summed E-state index contributed by atoms with van der Waals surface area (Å²) < 4.78 is 13.8. The lowest BCUT2D eigenvalue weighted by atomic mass is 9.71. The Morgan fingerprint density at radius 1 is 1.00 bits per heavy atom. The molecule has 0 saturated carbocycles. The first-order valence-corrected chi connectivity index (χ1v) is 13.0. The fraction of sp³-hybridized carbons (Fsp3) is 0.367. The van der Waals surface area contributed by atoms with Gasteiger partial charge in [0.05, 0.1) is 5.60 Å². The van der Waals surface area contributed by atoms with Gasteiger partial charge in [-0.05, 0) is 73.2 Å². The van der Waals surface area contributed by atoms with E-state index in [9.17, 15) is 14.3 Å². The van der Waals surface area contributed by atoms with Gasteiger partial charge in [0.15, 0.2) is 0 Å². The Balaban J connectivity index is 1.48. The minimum absolute atomic E-state index is 0.0880. The van der Waals surface area contributed by atoms with Gasteiger partial charge in [0.25, 0.3) is 0 Å². The molecule has 1 fully saturated rings. The van der Waals surface area contributed by atoms with Crippen molar-refractivity contribution in [3.05, 3.63) is 106 Å². The van der Waals surface area contributed by atoms with Gasteiger partial charge >= 0.3 is 0 Å². The molecule has 1 unspecified atom stereocenters. The lowest BCUT2D eigenvalue weighted by molar-refractivity contribution is -0.119. The topological polar surface area (TPSA) is 52.6 Å². The van der Waals surface area contributed by atoms with Crippen molar-refractivity contribution < 1.29 is 14.3 Å². The number of halogens is 2. The number of nitrogens with one attached hydrogen (secondary N) is 1. The Morgan fingerprint density at radius 2 is 1.61 bits per heavy atom. The first-order chi connectivity index (χ1) is 17.3. The average Bonchev–Trinajstić information content (AvgIpc) is 2.89. The Bertz CT molecular complexity index is 1130. The summed E-state index contributed by atoms with van der Waals surface area (Å²) in [7, 11) is 0. The van der Waals surface area contributed by atoms with Crippen LogP contribution in [0.5, 0.6) is 0 Å².